The van der Waals surface area contributed by atoms with E-state index in [1.54, 1.807) is 41.0 Å². The van der Waals surface area contributed by atoms with Gasteiger partial charge in [0.05, 0.1) is 16.2 Å². The smallest absolute Gasteiger partial charge is 0.255 e. The van der Waals surface area contributed by atoms with Gasteiger partial charge in [0.1, 0.15) is 5.69 Å². The number of fused-ring (bicyclic) bond motifs is 1. The number of hydrogen-bond acceptors (Lipinski definition) is 7. The predicted molar refractivity (Wildman–Crippen MR) is 139 cm³/mol. The van der Waals surface area contributed by atoms with Crippen molar-refractivity contribution in [2.75, 3.05) is 31.3 Å². The summed E-state index contributed by atoms with van der Waals surface area (Å²) in [5.74, 6) is 0.548. The third kappa shape index (κ3) is 4.32. The molecule has 1 amide bonds. The first-order valence-electron chi connectivity index (χ1n) is 11.8. The standard InChI is InChI=1S/C26H28N6O3S/c1-30(26(33)21-10-6-7-11-23(21)36(3,34)35)18-13-16-32(17-14-18)25-20-9-5-4-8-19(20)24(28-29-25)22-12-15-27-31(22)2/h4-12,15,18H,13-14,16-17H2,1-3H3. The quantitative estimate of drug-likeness (QED) is 0.411. The molecule has 0 radical (unpaired) electrons. The maximum Gasteiger partial charge on any atom is 0.255 e. The lowest BCUT2D eigenvalue weighted by Crippen LogP contribution is -2.46. The molecule has 36 heavy (non-hydrogen) atoms. The van der Waals surface area contributed by atoms with Gasteiger partial charge in [0.2, 0.25) is 0 Å². The number of nitrogens with zero attached hydrogens (tertiary/aromatic N) is 6. The van der Waals surface area contributed by atoms with Gasteiger partial charge in [-0.15, -0.1) is 10.2 Å². The molecule has 2 aromatic carbocycles. The van der Waals surface area contributed by atoms with Crippen LogP contribution >= 0.6 is 0 Å². The monoisotopic (exact) mass is 504 g/mol. The lowest BCUT2D eigenvalue weighted by atomic mass is 10.0. The van der Waals surface area contributed by atoms with E-state index in [1.807, 2.05) is 31.3 Å². The zero-order chi connectivity index (χ0) is 25.4. The summed E-state index contributed by atoms with van der Waals surface area (Å²) in [7, 11) is 0.128. The Morgan fingerprint density at radius 2 is 1.64 bits per heavy atom. The molecule has 1 fully saturated rings. The van der Waals surface area contributed by atoms with E-state index in [2.05, 4.69) is 26.3 Å². The van der Waals surface area contributed by atoms with Gasteiger partial charge in [0.25, 0.3) is 5.91 Å². The summed E-state index contributed by atoms with van der Waals surface area (Å²) in [5, 5.41) is 15.5. The fraction of sp³-hybridized carbons (Fsp3) is 0.308. The highest BCUT2D eigenvalue weighted by Gasteiger charge is 2.30. The second kappa shape index (κ2) is 9.34. The van der Waals surface area contributed by atoms with Crippen LogP contribution in [0.3, 0.4) is 0 Å². The van der Waals surface area contributed by atoms with Gasteiger partial charge in [-0.25, -0.2) is 8.42 Å². The SMILES string of the molecule is CN(C(=O)c1ccccc1S(C)(=O)=O)C1CCN(c2nnc(-c3ccnn3C)c3ccccc23)CC1. The highest BCUT2D eigenvalue weighted by molar-refractivity contribution is 7.90. The van der Waals surface area contributed by atoms with Crippen molar-refractivity contribution >= 4 is 32.3 Å². The van der Waals surface area contributed by atoms with Crippen LogP contribution in [0, 0.1) is 0 Å². The molecule has 0 unspecified atom stereocenters. The predicted octanol–water partition coefficient (Wildman–Crippen LogP) is 3.17. The van der Waals surface area contributed by atoms with E-state index in [-0.39, 0.29) is 22.4 Å². The number of benzene rings is 2. The molecule has 0 aliphatic carbocycles. The average molecular weight is 505 g/mol. The van der Waals surface area contributed by atoms with Crippen molar-refractivity contribution < 1.29 is 13.2 Å². The molecule has 5 rings (SSSR count). The van der Waals surface area contributed by atoms with Crippen LogP contribution in [-0.4, -0.2) is 71.6 Å². The number of sulfone groups is 1. The summed E-state index contributed by atoms with van der Waals surface area (Å²) in [5.41, 5.74) is 1.91. The molecule has 9 nitrogen and oxygen atoms in total. The van der Waals surface area contributed by atoms with Gasteiger partial charge < -0.3 is 9.80 Å². The van der Waals surface area contributed by atoms with Crippen molar-refractivity contribution in [1.29, 1.82) is 0 Å². The maximum absolute atomic E-state index is 13.2. The highest BCUT2D eigenvalue weighted by atomic mass is 32.2. The second-order valence-corrected chi connectivity index (χ2v) is 11.1. The number of aromatic nitrogens is 4. The number of aryl methyl sites for hydroxylation is 1. The topological polar surface area (TPSA) is 101 Å². The third-order valence-corrected chi connectivity index (χ3v) is 8.04. The number of carbonyl (C=O) groups is 1. The number of carbonyl (C=O) groups excluding carboxylic acids is 1. The molecule has 0 atom stereocenters. The van der Waals surface area contributed by atoms with E-state index in [9.17, 15) is 13.2 Å². The van der Waals surface area contributed by atoms with E-state index in [1.165, 1.54) is 6.07 Å². The first kappa shape index (κ1) is 23.9. The van der Waals surface area contributed by atoms with Crippen LogP contribution in [0.15, 0.2) is 65.7 Å². The van der Waals surface area contributed by atoms with Crippen molar-refractivity contribution in [3.8, 4) is 11.4 Å². The van der Waals surface area contributed by atoms with E-state index < -0.39 is 9.84 Å². The molecule has 3 heterocycles. The summed E-state index contributed by atoms with van der Waals surface area (Å²) < 4.78 is 26.2. The molecular formula is C26H28N6O3S. The van der Waals surface area contributed by atoms with Crippen LogP contribution in [0.2, 0.25) is 0 Å². The summed E-state index contributed by atoms with van der Waals surface area (Å²) >= 11 is 0. The molecule has 1 aliphatic heterocycles. The van der Waals surface area contributed by atoms with E-state index >= 15 is 0 Å². The zero-order valence-electron chi connectivity index (χ0n) is 20.5. The fourth-order valence-electron chi connectivity index (χ4n) is 4.91. The summed E-state index contributed by atoms with van der Waals surface area (Å²) in [6.07, 6.45) is 4.35. The van der Waals surface area contributed by atoms with Crippen LogP contribution in [0.5, 0.6) is 0 Å². The highest BCUT2D eigenvalue weighted by Crippen LogP contribution is 2.33. The molecule has 1 aliphatic rings. The van der Waals surface area contributed by atoms with Crippen LogP contribution < -0.4 is 4.90 Å². The van der Waals surface area contributed by atoms with Gasteiger partial charge in [0, 0.05) is 56.5 Å². The minimum atomic E-state index is -3.51. The Kier molecular flexibility index (Phi) is 6.21. The Bertz CT molecular complexity index is 1540. The van der Waals surface area contributed by atoms with Gasteiger partial charge in [-0.3, -0.25) is 9.48 Å². The van der Waals surface area contributed by atoms with Crippen molar-refractivity contribution in [3.63, 3.8) is 0 Å². The molecule has 0 bridgehead atoms. The molecule has 4 aromatic rings. The first-order chi connectivity index (χ1) is 17.3. The minimum Gasteiger partial charge on any atom is -0.354 e. The molecule has 0 saturated carbocycles. The van der Waals surface area contributed by atoms with E-state index in [4.69, 9.17) is 0 Å². The van der Waals surface area contributed by atoms with Gasteiger partial charge in [-0.05, 0) is 31.0 Å². The number of hydrogen-bond donors (Lipinski definition) is 0. The van der Waals surface area contributed by atoms with Gasteiger partial charge in [0.15, 0.2) is 15.7 Å². The Morgan fingerprint density at radius 3 is 2.31 bits per heavy atom. The molecule has 10 heteroatoms. The van der Waals surface area contributed by atoms with Crippen molar-refractivity contribution in [3.05, 3.63) is 66.4 Å². The maximum atomic E-state index is 13.2. The molecule has 1 saturated heterocycles. The summed E-state index contributed by atoms with van der Waals surface area (Å²) in [6.45, 7) is 1.42. The van der Waals surface area contributed by atoms with Crippen molar-refractivity contribution in [2.45, 2.75) is 23.8 Å². The van der Waals surface area contributed by atoms with E-state index in [0.717, 1.165) is 47.1 Å². The molecule has 2 aromatic heterocycles. The number of anilines is 1. The van der Waals surface area contributed by atoms with Gasteiger partial charge >= 0.3 is 0 Å². The fourth-order valence-corrected chi connectivity index (χ4v) is 5.79. The van der Waals surface area contributed by atoms with Gasteiger partial charge in [-0.2, -0.15) is 5.10 Å². The molecule has 186 valence electrons. The van der Waals surface area contributed by atoms with E-state index in [0.29, 0.717) is 13.1 Å². The average Bonchev–Trinajstić information content (AvgIpc) is 3.32. The largest absolute Gasteiger partial charge is 0.354 e. The Balaban J connectivity index is 1.36. The second-order valence-electron chi connectivity index (χ2n) is 9.16. The number of amides is 1. The van der Waals surface area contributed by atoms with Crippen LogP contribution in [0.25, 0.3) is 22.2 Å². The Labute approximate surface area is 210 Å². The summed E-state index contributed by atoms with van der Waals surface area (Å²) in [4.78, 5) is 17.2. The zero-order valence-corrected chi connectivity index (χ0v) is 21.3. The Morgan fingerprint density at radius 1 is 0.972 bits per heavy atom. The van der Waals surface area contributed by atoms with Crippen molar-refractivity contribution in [1.82, 2.24) is 24.9 Å². The Hall–Kier alpha value is -3.79. The lowest BCUT2D eigenvalue weighted by Gasteiger charge is -2.37. The van der Waals surface area contributed by atoms with Crippen LogP contribution in [0.1, 0.15) is 23.2 Å². The van der Waals surface area contributed by atoms with Crippen LogP contribution in [0.4, 0.5) is 5.82 Å². The van der Waals surface area contributed by atoms with Crippen LogP contribution in [-0.2, 0) is 16.9 Å². The third-order valence-electron chi connectivity index (χ3n) is 6.88. The normalized spacial score (nSPS) is 14.8. The van der Waals surface area contributed by atoms with Gasteiger partial charge in [-0.1, -0.05) is 36.4 Å². The number of piperidine rings is 1. The minimum absolute atomic E-state index is 0.00527. The molecular weight excluding hydrogens is 476 g/mol. The lowest BCUT2D eigenvalue weighted by molar-refractivity contribution is 0.0705. The number of rotatable bonds is 5. The summed E-state index contributed by atoms with van der Waals surface area (Å²) in [6, 6.07) is 16.4. The molecule has 0 N–H and O–H groups in total. The first-order valence-corrected chi connectivity index (χ1v) is 13.7. The van der Waals surface area contributed by atoms with Crippen molar-refractivity contribution in [2.24, 2.45) is 7.05 Å². The molecule has 0 spiro atoms.